The lowest BCUT2D eigenvalue weighted by Gasteiger charge is -2.38. The zero-order valence-corrected chi connectivity index (χ0v) is 13.2. The number of hydrogen-bond acceptors (Lipinski definition) is 3. The van der Waals surface area contributed by atoms with Crippen LogP contribution in [0.15, 0.2) is 0 Å². The maximum atomic E-state index is 5.89. The molecule has 0 aromatic rings. The van der Waals surface area contributed by atoms with E-state index in [2.05, 4.69) is 37.9 Å². The number of hydrogen-bond donors (Lipinski definition) is 1. The van der Waals surface area contributed by atoms with E-state index in [1.807, 2.05) is 0 Å². The smallest absolute Gasteiger partial charge is 0.0826 e. The molecule has 1 unspecified atom stereocenters. The van der Waals surface area contributed by atoms with Crippen LogP contribution in [0.25, 0.3) is 0 Å². The van der Waals surface area contributed by atoms with Crippen LogP contribution in [-0.2, 0) is 4.74 Å². The first-order valence-electron chi connectivity index (χ1n) is 8.05. The van der Waals surface area contributed by atoms with Crippen LogP contribution in [-0.4, -0.2) is 49.3 Å². The van der Waals surface area contributed by atoms with Crippen molar-refractivity contribution in [1.29, 1.82) is 0 Å². The van der Waals surface area contributed by atoms with E-state index in [0.29, 0.717) is 23.6 Å². The van der Waals surface area contributed by atoms with E-state index in [1.165, 1.54) is 25.7 Å². The van der Waals surface area contributed by atoms with Crippen molar-refractivity contribution < 1.29 is 4.74 Å². The van der Waals surface area contributed by atoms with Gasteiger partial charge in [0.1, 0.15) is 0 Å². The third-order valence-electron chi connectivity index (χ3n) is 4.87. The molecule has 0 radical (unpaired) electrons. The largest absolute Gasteiger partial charge is 0.374 e. The van der Waals surface area contributed by atoms with Gasteiger partial charge in [-0.15, -0.1) is 0 Å². The Balaban J connectivity index is 1.68. The molecule has 0 spiro atoms. The predicted octanol–water partition coefficient (Wildman–Crippen LogP) is 2.65. The molecule has 3 heteroatoms. The van der Waals surface area contributed by atoms with E-state index in [9.17, 15) is 0 Å². The minimum Gasteiger partial charge on any atom is -0.374 e. The molecule has 3 nitrogen and oxygen atoms in total. The number of nitrogens with zero attached hydrogens (tertiary/aromatic N) is 1. The summed E-state index contributed by atoms with van der Waals surface area (Å²) in [5.74, 6) is 0. The Morgan fingerprint density at radius 3 is 2.58 bits per heavy atom. The van der Waals surface area contributed by atoms with E-state index in [0.717, 1.165) is 26.2 Å². The fraction of sp³-hybridized carbons (Fsp3) is 1.00. The summed E-state index contributed by atoms with van der Waals surface area (Å²) in [6.07, 6.45) is 5.75. The van der Waals surface area contributed by atoms with Gasteiger partial charge in [-0.1, -0.05) is 13.8 Å². The first-order valence-corrected chi connectivity index (χ1v) is 8.05. The Kier molecular flexibility index (Phi) is 5.27. The van der Waals surface area contributed by atoms with Crippen LogP contribution < -0.4 is 5.32 Å². The standard InChI is InChI=1S/C16H32N2O/c1-13(2)18-9-10-19-15(12-18)11-17-14-5-7-16(3,4)8-6-14/h13-15,17H,5-12H2,1-4H3. The topological polar surface area (TPSA) is 24.5 Å². The highest BCUT2D eigenvalue weighted by Gasteiger charge is 2.28. The second-order valence-electron chi connectivity index (χ2n) is 7.43. The highest BCUT2D eigenvalue weighted by Crippen LogP contribution is 2.34. The van der Waals surface area contributed by atoms with Crippen LogP contribution in [0.4, 0.5) is 0 Å². The molecule has 0 aromatic carbocycles. The number of morpholine rings is 1. The molecule has 0 bridgehead atoms. The zero-order valence-electron chi connectivity index (χ0n) is 13.2. The lowest BCUT2D eigenvalue weighted by molar-refractivity contribution is -0.0388. The van der Waals surface area contributed by atoms with Crippen LogP contribution in [0.1, 0.15) is 53.4 Å². The van der Waals surface area contributed by atoms with Crippen molar-refractivity contribution >= 4 is 0 Å². The molecule has 1 saturated heterocycles. The van der Waals surface area contributed by atoms with Crippen molar-refractivity contribution in [1.82, 2.24) is 10.2 Å². The van der Waals surface area contributed by atoms with Crippen LogP contribution in [0, 0.1) is 5.41 Å². The first-order chi connectivity index (χ1) is 8.96. The fourth-order valence-electron chi connectivity index (χ4n) is 3.24. The summed E-state index contributed by atoms with van der Waals surface area (Å²) in [6, 6.07) is 1.35. The molecule has 2 aliphatic rings. The molecule has 1 N–H and O–H groups in total. The Bertz CT molecular complexity index is 268. The normalized spacial score (nSPS) is 29.8. The monoisotopic (exact) mass is 268 g/mol. The Morgan fingerprint density at radius 1 is 1.26 bits per heavy atom. The van der Waals surface area contributed by atoms with E-state index in [-0.39, 0.29) is 0 Å². The average molecular weight is 268 g/mol. The molecule has 1 aliphatic heterocycles. The van der Waals surface area contributed by atoms with Gasteiger partial charge in [-0.3, -0.25) is 4.90 Å². The molecule has 0 amide bonds. The fourth-order valence-corrected chi connectivity index (χ4v) is 3.24. The van der Waals surface area contributed by atoms with Gasteiger partial charge in [0.25, 0.3) is 0 Å². The van der Waals surface area contributed by atoms with Crippen molar-refractivity contribution in [2.24, 2.45) is 5.41 Å². The third-order valence-corrected chi connectivity index (χ3v) is 4.87. The van der Waals surface area contributed by atoms with Gasteiger partial charge in [0, 0.05) is 31.7 Å². The average Bonchev–Trinajstić information content (AvgIpc) is 2.38. The summed E-state index contributed by atoms with van der Waals surface area (Å²) in [7, 11) is 0. The van der Waals surface area contributed by atoms with Gasteiger partial charge in [-0.05, 0) is 44.9 Å². The molecule has 1 saturated carbocycles. The summed E-state index contributed by atoms with van der Waals surface area (Å²) in [4.78, 5) is 2.53. The maximum absolute atomic E-state index is 5.89. The van der Waals surface area contributed by atoms with Gasteiger partial charge in [0.2, 0.25) is 0 Å². The molecule has 112 valence electrons. The Morgan fingerprint density at radius 2 is 1.95 bits per heavy atom. The summed E-state index contributed by atoms with van der Waals surface area (Å²) < 4.78 is 5.89. The minimum atomic E-state index is 0.381. The Hall–Kier alpha value is -0.120. The highest BCUT2D eigenvalue weighted by molar-refractivity contribution is 4.84. The van der Waals surface area contributed by atoms with Gasteiger partial charge in [0.05, 0.1) is 12.7 Å². The zero-order chi connectivity index (χ0) is 13.9. The summed E-state index contributed by atoms with van der Waals surface area (Å²) in [6.45, 7) is 13.4. The summed E-state index contributed by atoms with van der Waals surface area (Å²) in [5, 5.41) is 3.74. The molecule has 0 aromatic heterocycles. The number of rotatable bonds is 4. The minimum absolute atomic E-state index is 0.381. The molecular weight excluding hydrogens is 236 g/mol. The number of ether oxygens (including phenoxy) is 1. The van der Waals surface area contributed by atoms with Gasteiger partial charge >= 0.3 is 0 Å². The van der Waals surface area contributed by atoms with Gasteiger partial charge in [-0.25, -0.2) is 0 Å². The SMILES string of the molecule is CC(C)N1CCOC(CNC2CCC(C)(C)CC2)C1. The van der Waals surface area contributed by atoms with E-state index in [1.54, 1.807) is 0 Å². The van der Waals surface area contributed by atoms with E-state index < -0.39 is 0 Å². The number of nitrogens with one attached hydrogen (secondary N) is 1. The quantitative estimate of drug-likeness (QED) is 0.848. The molecule has 1 aliphatic carbocycles. The molecular formula is C16H32N2O. The van der Waals surface area contributed by atoms with Crippen molar-refractivity contribution in [3.63, 3.8) is 0 Å². The second kappa shape index (κ2) is 6.55. The maximum Gasteiger partial charge on any atom is 0.0826 e. The van der Waals surface area contributed by atoms with Gasteiger partial charge < -0.3 is 10.1 Å². The van der Waals surface area contributed by atoms with E-state index in [4.69, 9.17) is 4.74 Å². The summed E-state index contributed by atoms with van der Waals surface area (Å²) in [5.41, 5.74) is 0.563. The summed E-state index contributed by atoms with van der Waals surface area (Å²) >= 11 is 0. The van der Waals surface area contributed by atoms with Crippen molar-refractivity contribution in [3.05, 3.63) is 0 Å². The lowest BCUT2D eigenvalue weighted by Crippen LogP contribution is -2.50. The first kappa shape index (κ1) is 15.3. The third kappa shape index (κ3) is 4.73. The van der Waals surface area contributed by atoms with Crippen molar-refractivity contribution in [2.45, 2.75) is 71.6 Å². The van der Waals surface area contributed by atoms with Crippen LogP contribution in [0.2, 0.25) is 0 Å². The van der Waals surface area contributed by atoms with Crippen molar-refractivity contribution in [2.75, 3.05) is 26.2 Å². The van der Waals surface area contributed by atoms with Crippen LogP contribution >= 0.6 is 0 Å². The van der Waals surface area contributed by atoms with Gasteiger partial charge in [-0.2, -0.15) is 0 Å². The van der Waals surface area contributed by atoms with Crippen LogP contribution in [0.3, 0.4) is 0 Å². The Labute approximate surface area is 119 Å². The predicted molar refractivity (Wildman–Crippen MR) is 80.5 cm³/mol. The molecule has 1 atom stereocenters. The van der Waals surface area contributed by atoms with Crippen LogP contribution in [0.5, 0.6) is 0 Å². The van der Waals surface area contributed by atoms with Gasteiger partial charge in [0.15, 0.2) is 0 Å². The highest BCUT2D eigenvalue weighted by atomic mass is 16.5. The molecule has 19 heavy (non-hydrogen) atoms. The van der Waals surface area contributed by atoms with E-state index >= 15 is 0 Å². The molecule has 2 rings (SSSR count). The molecule has 1 heterocycles. The lowest BCUT2D eigenvalue weighted by atomic mass is 9.75. The second-order valence-corrected chi connectivity index (χ2v) is 7.43. The molecule has 2 fully saturated rings. The van der Waals surface area contributed by atoms with Crippen molar-refractivity contribution in [3.8, 4) is 0 Å².